The van der Waals surface area contributed by atoms with E-state index in [0.29, 0.717) is 12.3 Å². The fourth-order valence-corrected chi connectivity index (χ4v) is 1.65. The van der Waals surface area contributed by atoms with E-state index >= 15 is 0 Å². The highest BCUT2D eigenvalue weighted by molar-refractivity contribution is 5.94. The second kappa shape index (κ2) is 5.49. The van der Waals surface area contributed by atoms with E-state index in [1.165, 1.54) is 0 Å². The molecule has 1 rings (SSSR count). The van der Waals surface area contributed by atoms with Gasteiger partial charge in [0.2, 0.25) is 0 Å². The smallest absolute Gasteiger partial charge is 0.298 e. The standard InChI is InChI=1S/C11H17N3O/c1-3-14(6-7-15)10-4-5-11(13-12)9(2)8-10/h4-5,8-9,15H,3,6-7H2,1-2H3. The molecule has 1 N–H and O–H groups in total. The number of hydrogen-bond acceptors (Lipinski definition) is 2. The minimum absolute atomic E-state index is 0.114. The Labute approximate surface area is 90.1 Å². The molecule has 1 aliphatic carbocycles. The average Bonchev–Trinajstić information content (AvgIpc) is 2.25. The Morgan fingerprint density at radius 1 is 1.53 bits per heavy atom. The van der Waals surface area contributed by atoms with Crippen LogP contribution in [0.25, 0.3) is 5.53 Å². The van der Waals surface area contributed by atoms with E-state index in [2.05, 4.69) is 9.69 Å². The van der Waals surface area contributed by atoms with Gasteiger partial charge >= 0.3 is 0 Å². The fraction of sp³-hybridized carbons (Fsp3) is 0.545. The number of likely N-dealkylation sites (N-methyl/N-ethyl adjacent to an activating group) is 1. The van der Waals surface area contributed by atoms with Crippen LogP contribution in [0.15, 0.2) is 23.9 Å². The molecule has 0 spiro atoms. The van der Waals surface area contributed by atoms with Crippen molar-refractivity contribution in [2.45, 2.75) is 13.8 Å². The Morgan fingerprint density at radius 3 is 2.73 bits per heavy atom. The summed E-state index contributed by atoms with van der Waals surface area (Å²) in [6.45, 7) is 5.66. The summed E-state index contributed by atoms with van der Waals surface area (Å²) >= 11 is 0. The second-order valence-electron chi connectivity index (χ2n) is 3.54. The van der Waals surface area contributed by atoms with Gasteiger partial charge in [-0.2, -0.15) is 4.79 Å². The number of aliphatic hydroxyl groups excluding tert-OH is 1. The van der Waals surface area contributed by atoms with Gasteiger partial charge in [0.15, 0.2) is 0 Å². The predicted molar refractivity (Wildman–Crippen MR) is 59.3 cm³/mol. The van der Waals surface area contributed by atoms with Gasteiger partial charge in [-0.3, -0.25) is 0 Å². The molecule has 1 atom stereocenters. The van der Waals surface area contributed by atoms with E-state index in [9.17, 15) is 0 Å². The maximum absolute atomic E-state index is 8.91. The van der Waals surface area contributed by atoms with Gasteiger partial charge in [-0.15, -0.1) is 0 Å². The van der Waals surface area contributed by atoms with Crippen molar-refractivity contribution in [3.8, 4) is 0 Å². The third-order valence-corrected chi connectivity index (χ3v) is 2.54. The summed E-state index contributed by atoms with van der Waals surface area (Å²) in [4.78, 5) is 5.30. The maximum Gasteiger partial charge on any atom is 0.298 e. The van der Waals surface area contributed by atoms with Crippen molar-refractivity contribution >= 4 is 5.71 Å². The molecule has 15 heavy (non-hydrogen) atoms. The van der Waals surface area contributed by atoms with Crippen LogP contribution in [0.4, 0.5) is 0 Å². The summed E-state index contributed by atoms with van der Waals surface area (Å²) in [5.41, 5.74) is 10.4. The highest BCUT2D eigenvalue weighted by atomic mass is 16.3. The summed E-state index contributed by atoms with van der Waals surface area (Å²) in [7, 11) is 0. The first-order chi connectivity index (χ1) is 7.22. The van der Waals surface area contributed by atoms with E-state index in [-0.39, 0.29) is 12.5 Å². The van der Waals surface area contributed by atoms with Crippen LogP contribution in [0.3, 0.4) is 0 Å². The monoisotopic (exact) mass is 207 g/mol. The third kappa shape index (κ3) is 2.78. The van der Waals surface area contributed by atoms with Gasteiger partial charge < -0.3 is 15.5 Å². The van der Waals surface area contributed by atoms with Crippen LogP contribution in [0.2, 0.25) is 0 Å². The molecule has 0 radical (unpaired) electrons. The van der Waals surface area contributed by atoms with Gasteiger partial charge in [0.25, 0.3) is 5.71 Å². The van der Waals surface area contributed by atoms with E-state index in [1.807, 2.05) is 26.0 Å². The first-order valence-electron chi connectivity index (χ1n) is 5.20. The Hall–Kier alpha value is -1.38. The molecular formula is C11H17N3O. The zero-order valence-electron chi connectivity index (χ0n) is 9.22. The summed E-state index contributed by atoms with van der Waals surface area (Å²) in [6, 6.07) is 0. The van der Waals surface area contributed by atoms with Crippen LogP contribution in [-0.2, 0) is 0 Å². The molecule has 0 aromatic rings. The van der Waals surface area contributed by atoms with Crippen LogP contribution in [0.5, 0.6) is 0 Å². The first kappa shape index (κ1) is 11.7. The van der Waals surface area contributed by atoms with Gasteiger partial charge in [0.1, 0.15) is 0 Å². The molecule has 0 saturated carbocycles. The van der Waals surface area contributed by atoms with Gasteiger partial charge in [0.05, 0.1) is 12.5 Å². The maximum atomic E-state index is 8.91. The molecular weight excluding hydrogens is 190 g/mol. The lowest BCUT2D eigenvalue weighted by Crippen LogP contribution is -2.27. The van der Waals surface area contributed by atoms with Crippen molar-refractivity contribution in [1.29, 1.82) is 0 Å². The minimum Gasteiger partial charge on any atom is -0.395 e. The number of allylic oxidation sites excluding steroid dienone is 3. The van der Waals surface area contributed by atoms with Crippen molar-refractivity contribution in [2.75, 3.05) is 19.7 Å². The Balaban J connectivity index is 2.81. The molecule has 0 bridgehead atoms. The Morgan fingerprint density at radius 2 is 2.27 bits per heavy atom. The van der Waals surface area contributed by atoms with Gasteiger partial charge in [-0.25, -0.2) is 0 Å². The van der Waals surface area contributed by atoms with Crippen LogP contribution in [-0.4, -0.2) is 40.2 Å². The molecule has 0 heterocycles. The Bertz CT molecular complexity index is 327. The lowest BCUT2D eigenvalue weighted by Gasteiger charge is -2.25. The third-order valence-electron chi connectivity index (χ3n) is 2.54. The van der Waals surface area contributed by atoms with Crippen molar-refractivity contribution in [3.63, 3.8) is 0 Å². The molecule has 1 aliphatic rings. The predicted octanol–water partition coefficient (Wildman–Crippen LogP) is 1.06. The molecule has 1 unspecified atom stereocenters. The molecule has 0 amide bonds. The van der Waals surface area contributed by atoms with Gasteiger partial charge in [0, 0.05) is 24.9 Å². The van der Waals surface area contributed by atoms with Crippen molar-refractivity contribution in [1.82, 2.24) is 4.90 Å². The SMILES string of the molecule is CCN(CCO)C1=CC(C)C(=[N+]=[N-])C=C1. The summed E-state index contributed by atoms with van der Waals surface area (Å²) < 4.78 is 0. The quantitative estimate of drug-likeness (QED) is 0.553. The number of aliphatic hydroxyl groups is 1. The number of rotatable bonds is 4. The zero-order valence-corrected chi connectivity index (χ0v) is 9.22. The molecule has 4 nitrogen and oxygen atoms in total. The van der Waals surface area contributed by atoms with Crippen LogP contribution in [0, 0.1) is 5.92 Å². The van der Waals surface area contributed by atoms with Crippen molar-refractivity contribution < 1.29 is 9.90 Å². The molecule has 82 valence electrons. The molecule has 0 fully saturated rings. The van der Waals surface area contributed by atoms with E-state index < -0.39 is 0 Å². The topological polar surface area (TPSA) is 59.9 Å². The highest BCUT2D eigenvalue weighted by Gasteiger charge is 2.19. The molecule has 0 aliphatic heterocycles. The second-order valence-corrected chi connectivity index (χ2v) is 3.54. The summed E-state index contributed by atoms with van der Waals surface area (Å²) in [5.74, 6) is 0.114. The first-order valence-corrected chi connectivity index (χ1v) is 5.20. The van der Waals surface area contributed by atoms with Crippen LogP contribution >= 0.6 is 0 Å². The molecule has 0 aromatic heterocycles. The normalized spacial score (nSPS) is 19.8. The van der Waals surface area contributed by atoms with E-state index in [1.54, 1.807) is 6.08 Å². The molecule has 0 saturated heterocycles. The Kier molecular flexibility index (Phi) is 4.28. The van der Waals surface area contributed by atoms with Gasteiger partial charge in [-0.05, 0) is 26.0 Å². The minimum atomic E-state index is 0.114. The van der Waals surface area contributed by atoms with E-state index in [4.69, 9.17) is 10.6 Å². The number of hydrogen-bond donors (Lipinski definition) is 1. The lowest BCUT2D eigenvalue weighted by atomic mass is 9.98. The van der Waals surface area contributed by atoms with Crippen molar-refractivity contribution in [2.24, 2.45) is 5.92 Å². The van der Waals surface area contributed by atoms with Crippen molar-refractivity contribution in [3.05, 3.63) is 29.5 Å². The average molecular weight is 207 g/mol. The molecule has 4 heteroatoms. The largest absolute Gasteiger partial charge is 0.395 e. The van der Waals surface area contributed by atoms with E-state index in [0.717, 1.165) is 12.2 Å². The van der Waals surface area contributed by atoms with Crippen LogP contribution in [0.1, 0.15) is 13.8 Å². The summed E-state index contributed by atoms with van der Waals surface area (Å²) in [5, 5.41) is 8.91. The summed E-state index contributed by atoms with van der Waals surface area (Å²) in [6.07, 6.45) is 5.75. The van der Waals surface area contributed by atoms with Gasteiger partial charge in [-0.1, -0.05) is 0 Å². The zero-order chi connectivity index (χ0) is 11.3. The molecule has 0 aromatic carbocycles. The van der Waals surface area contributed by atoms with Crippen LogP contribution < -0.4 is 0 Å². The highest BCUT2D eigenvalue weighted by Crippen LogP contribution is 2.16. The lowest BCUT2D eigenvalue weighted by molar-refractivity contribution is -0.00872. The fourth-order valence-electron chi connectivity index (χ4n) is 1.65. The number of nitrogens with zero attached hydrogens (tertiary/aromatic N) is 3.